The minimum Gasteiger partial charge on any atom is -0.495 e. The summed E-state index contributed by atoms with van der Waals surface area (Å²) in [4.78, 5) is 19.4. The Hall–Kier alpha value is -2.81. The van der Waals surface area contributed by atoms with Crippen molar-refractivity contribution in [1.82, 2.24) is 9.97 Å². The van der Waals surface area contributed by atoms with Crippen LogP contribution in [0.5, 0.6) is 11.5 Å². The average molecular weight is 408 g/mol. The lowest BCUT2D eigenvalue weighted by molar-refractivity contribution is -0.383. The Morgan fingerprint density at radius 2 is 1.79 bits per heavy atom. The number of hydrogen-bond donors (Lipinski definition) is 2. The van der Waals surface area contributed by atoms with Crippen molar-refractivity contribution in [2.45, 2.75) is 38.1 Å². The van der Waals surface area contributed by atoms with E-state index in [-0.39, 0.29) is 23.4 Å². The van der Waals surface area contributed by atoms with Crippen LogP contribution < -0.4 is 20.1 Å². The number of ether oxygens (including phenoxy) is 2. The van der Waals surface area contributed by atoms with E-state index in [1.165, 1.54) is 27.0 Å². The maximum Gasteiger partial charge on any atom is 0.353 e. The third-order valence-corrected chi connectivity index (χ3v) is 4.97. The third-order valence-electron chi connectivity index (χ3n) is 4.68. The minimum atomic E-state index is -0.495. The molecule has 3 rings (SSSR count). The molecule has 0 atom stereocenters. The van der Waals surface area contributed by atoms with E-state index in [9.17, 15) is 10.1 Å². The van der Waals surface area contributed by atoms with Gasteiger partial charge in [-0.05, 0) is 18.9 Å². The normalized spacial score (nSPS) is 14.4. The second kappa shape index (κ2) is 8.92. The zero-order valence-electron chi connectivity index (χ0n) is 15.7. The molecule has 0 spiro atoms. The number of nitrogens with zero attached hydrogens (tertiary/aromatic N) is 3. The number of benzene rings is 1. The lowest BCUT2D eigenvalue weighted by atomic mass is 9.95. The van der Waals surface area contributed by atoms with E-state index in [1.807, 2.05) is 0 Å². The fourth-order valence-corrected chi connectivity index (χ4v) is 3.52. The van der Waals surface area contributed by atoms with Crippen LogP contribution in [-0.4, -0.2) is 35.2 Å². The molecule has 2 aromatic rings. The monoisotopic (exact) mass is 407 g/mol. The molecule has 0 radical (unpaired) electrons. The van der Waals surface area contributed by atoms with Gasteiger partial charge < -0.3 is 20.1 Å². The van der Waals surface area contributed by atoms with Gasteiger partial charge in [-0.1, -0.05) is 30.9 Å². The van der Waals surface area contributed by atoms with Crippen molar-refractivity contribution in [2.75, 3.05) is 24.9 Å². The zero-order chi connectivity index (χ0) is 20.1. The summed E-state index contributed by atoms with van der Waals surface area (Å²) < 4.78 is 10.5. The van der Waals surface area contributed by atoms with E-state index in [0.29, 0.717) is 22.2 Å². The van der Waals surface area contributed by atoms with Crippen LogP contribution in [0.3, 0.4) is 0 Å². The molecule has 9 nitrogen and oxygen atoms in total. The molecule has 150 valence electrons. The minimum absolute atomic E-state index is 0.0536. The SMILES string of the molecule is COc1cc(OC)c(Nc2ncnc(NC3CCCCC3)c2[N+](=O)[O-])cc1Cl. The Labute approximate surface area is 167 Å². The van der Waals surface area contributed by atoms with E-state index >= 15 is 0 Å². The fraction of sp³-hybridized carbons (Fsp3) is 0.444. The summed E-state index contributed by atoms with van der Waals surface area (Å²) in [6.45, 7) is 0. The summed E-state index contributed by atoms with van der Waals surface area (Å²) in [5.74, 6) is 1.10. The van der Waals surface area contributed by atoms with Crippen LogP contribution in [0.1, 0.15) is 32.1 Å². The van der Waals surface area contributed by atoms with Crippen molar-refractivity contribution in [3.05, 3.63) is 33.6 Å². The van der Waals surface area contributed by atoms with Crippen molar-refractivity contribution >= 4 is 34.6 Å². The van der Waals surface area contributed by atoms with Gasteiger partial charge in [0, 0.05) is 12.1 Å². The molecular weight excluding hydrogens is 386 g/mol. The molecule has 1 heterocycles. The molecule has 0 unspecified atom stereocenters. The molecule has 1 aliphatic carbocycles. The molecule has 0 saturated heterocycles. The number of nitro groups is 1. The second-order valence-corrected chi connectivity index (χ2v) is 6.88. The number of rotatable bonds is 7. The molecular formula is C18H22ClN5O4. The van der Waals surface area contributed by atoms with Gasteiger partial charge >= 0.3 is 5.69 Å². The smallest absolute Gasteiger partial charge is 0.353 e. The number of methoxy groups -OCH3 is 2. The van der Waals surface area contributed by atoms with Crippen molar-refractivity contribution in [2.24, 2.45) is 0 Å². The topological polar surface area (TPSA) is 111 Å². The van der Waals surface area contributed by atoms with Crippen molar-refractivity contribution in [3.8, 4) is 11.5 Å². The Kier molecular flexibility index (Phi) is 6.35. The number of anilines is 3. The summed E-state index contributed by atoms with van der Waals surface area (Å²) in [5.41, 5.74) is 0.209. The van der Waals surface area contributed by atoms with Crippen LogP contribution in [0.2, 0.25) is 5.02 Å². The molecule has 28 heavy (non-hydrogen) atoms. The van der Waals surface area contributed by atoms with Crippen LogP contribution in [-0.2, 0) is 0 Å². The Bertz CT molecular complexity index is 858. The second-order valence-electron chi connectivity index (χ2n) is 6.47. The molecule has 0 aliphatic heterocycles. The summed E-state index contributed by atoms with van der Waals surface area (Å²) in [6, 6.07) is 3.33. The first-order chi connectivity index (χ1) is 13.5. The van der Waals surface area contributed by atoms with Crippen molar-refractivity contribution < 1.29 is 14.4 Å². The first-order valence-corrected chi connectivity index (χ1v) is 9.35. The highest BCUT2D eigenvalue weighted by Gasteiger charge is 2.26. The lowest BCUT2D eigenvalue weighted by Gasteiger charge is -2.23. The van der Waals surface area contributed by atoms with Gasteiger partial charge in [0.25, 0.3) is 0 Å². The van der Waals surface area contributed by atoms with Crippen LogP contribution in [0.25, 0.3) is 0 Å². The Balaban J connectivity index is 1.95. The average Bonchev–Trinajstić information content (AvgIpc) is 2.69. The summed E-state index contributed by atoms with van der Waals surface area (Å²) in [7, 11) is 2.98. The first-order valence-electron chi connectivity index (χ1n) is 8.98. The van der Waals surface area contributed by atoms with Gasteiger partial charge in [0.05, 0.1) is 29.9 Å². The lowest BCUT2D eigenvalue weighted by Crippen LogP contribution is -2.23. The number of hydrogen-bond acceptors (Lipinski definition) is 8. The highest BCUT2D eigenvalue weighted by atomic mass is 35.5. The number of aromatic nitrogens is 2. The highest BCUT2D eigenvalue weighted by molar-refractivity contribution is 6.32. The maximum absolute atomic E-state index is 11.8. The largest absolute Gasteiger partial charge is 0.495 e. The van der Waals surface area contributed by atoms with Gasteiger partial charge in [-0.25, -0.2) is 9.97 Å². The first kappa shape index (κ1) is 19.9. The van der Waals surface area contributed by atoms with Crippen LogP contribution in [0.15, 0.2) is 18.5 Å². The predicted molar refractivity (Wildman–Crippen MR) is 107 cm³/mol. The molecule has 1 fully saturated rings. The number of nitrogens with one attached hydrogen (secondary N) is 2. The molecule has 1 saturated carbocycles. The van der Waals surface area contributed by atoms with Crippen molar-refractivity contribution in [3.63, 3.8) is 0 Å². The standard InChI is InChI=1S/C18H22ClN5O4/c1-27-14-9-15(28-2)13(8-12(14)19)23-18-16(24(25)26)17(20-10-21-18)22-11-6-4-3-5-7-11/h8-11H,3-7H2,1-2H3,(H2,20,21,22,23). The van der Waals surface area contributed by atoms with Crippen LogP contribution >= 0.6 is 11.6 Å². The maximum atomic E-state index is 11.8. The van der Waals surface area contributed by atoms with E-state index in [4.69, 9.17) is 21.1 Å². The van der Waals surface area contributed by atoms with E-state index in [0.717, 1.165) is 25.7 Å². The molecule has 2 N–H and O–H groups in total. The van der Waals surface area contributed by atoms with E-state index in [2.05, 4.69) is 20.6 Å². The van der Waals surface area contributed by atoms with Gasteiger partial charge in [0.2, 0.25) is 11.6 Å². The summed E-state index contributed by atoms with van der Waals surface area (Å²) in [5, 5.41) is 18.3. The molecule has 1 aliphatic rings. The van der Waals surface area contributed by atoms with Gasteiger partial charge in [0.15, 0.2) is 0 Å². The fourth-order valence-electron chi connectivity index (χ4n) is 3.27. The van der Waals surface area contributed by atoms with Crippen LogP contribution in [0, 0.1) is 10.1 Å². The van der Waals surface area contributed by atoms with Crippen molar-refractivity contribution in [1.29, 1.82) is 0 Å². The third kappa shape index (κ3) is 4.36. The molecule has 1 aromatic heterocycles. The predicted octanol–water partition coefficient (Wildman–Crippen LogP) is 4.54. The van der Waals surface area contributed by atoms with E-state index in [1.54, 1.807) is 12.1 Å². The van der Waals surface area contributed by atoms with Gasteiger partial charge in [0.1, 0.15) is 17.8 Å². The van der Waals surface area contributed by atoms with Gasteiger partial charge in [-0.15, -0.1) is 0 Å². The molecule has 0 amide bonds. The highest BCUT2D eigenvalue weighted by Crippen LogP contribution is 2.39. The number of halogens is 1. The van der Waals surface area contributed by atoms with E-state index < -0.39 is 4.92 Å². The zero-order valence-corrected chi connectivity index (χ0v) is 16.5. The molecule has 0 bridgehead atoms. The van der Waals surface area contributed by atoms with Gasteiger partial charge in [-0.3, -0.25) is 10.1 Å². The Morgan fingerprint density at radius 1 is 1.11 bits per heavy atom. The van der Waals surface area contributed by atoms with Gasteiger partial charge in [-0.2, -0.15) is 0 Å². The quantitative estimate of drug-likeness (QED) is 0.508. The molecule has 1 aromatic carbocycles. The van der Waals surface area contributed by atoms with Crippen LogP contribution in [0.4, 0.5) is 23.0 Å². The molecule has 10 heteroatoms. The summed E-state index contributed by atoms with van der Waals surface area (Å²) >= 11 is 6.19. The Morgan fingerprint density at radius 3 is 2.43 bits per heavy atom. The summed E-state index contributed by atoms with van der Waals surface area (Å²) in [6.07, 6.45) is 6.61.